The topological polar surface area (TPSA) is 25.8 Å². The molecule has 0 radical (unpaired) electrons. The van der Waals surface area contributed by atoms with Gasteiger partial charge in [0.25, 0.3) is 0 Å². The van der Waals surface area contributed by atoms with Crippen LogP contribution in [-0.2, 0) is 0 Å². The van der Waals surface area contributed by atoms with E-state index in [0.717, 1.165) is 4.90 Å². The molecule has 0 bridgehead atoms. The van der Waals surface area contributed by atoms with Gasteiger partial charge in [-0.05, 0) is 6.07 Å². The van der Waals surface area contributed by atoms with Gasteiger partial charge in [0.1, 0.15) is 0 Å². The van der Waals surface area contributed by atoms with Crippen molar-refractivity contribution in [3.63, 3.8) is 0 Å². The van der Waals surface area contributed by atoms with Crippen molar-refractivity contribution in [2.24, 2.45) is 0 Å². The highest BCUT2D eigenvalue weighted by Crippen LogP contribution is 2.29. The monoisotopic (exact) mass is 222 g/mol. The Morgan fingerprint density at radius 2 is 2.00 bits per heavy atom. The summed E-state index contributed by atoms with van der Waals surface area (Å²) in [6.45, 7) is 4.16. The summed E-state index contributed by atoms with van der Waals surface area (Å²) in [5, 5.41) is 8.56. The number of halogens is 2. The molecule has 0 fully saturated rings. The first-order chi connectivity index (χ1) is 5.59. The van der Waals surface area contributed by atoms with Crippen molar-refractivity contribution in [2.45, 2.75) is 24.0 Å². The smallest absolute Gasteiger partial charge is 0.137 e. The molecule has 1 aromatic rings. The zero-order valence-corrected chi connectivity index (χ0v) is 9.04. The van der Waals surface area contributed by atoms with Gasteiger partial charge >= 0.3 is 0 Å². The fraction of sp³-hybridized carbons (Fsp3) is 0.429. The van der Waals surface area contributed by atoms with Gasteiger partial charge in [0.15, 0.2) is 10.3 Å². The van der Waals surface area contributed by atoms with Gasteiger partial charge in [-0.1, -0.05) is 37.0 Å². The molecule has 0 aliphatic carbocycles. The molecule has 1 heterocycles. The molecule has 0 N–H and O–H groups in total. The predicted octanol–water partition coefficient (Wildman–Crippen LogP) is 3.28. The van der Waals surface area contributed by atoms with E-state index in [0.29, 0.717) is 15.6 Å². The maximum atomic E-state index is 5.79. The first-order valence-corrected chi connectivity index (χ1v) is 5.08. The molecule has 0 unspecified atom stereocenters. The highest BCUT2D eigenvalue weighted by atomic mass is 35.5. The van der Waals surface area contributed by atoms with Crippen molar-refractivity contribution in [3.8, 4) is 0 Å². The molecule has 2 nitrogen and oxygen atoms in total. The fourth-order valence-electron chi connectivity index (χ4n) is 0.674. The molecule has 0 aliphatic rings. The Labute approximate surface area is 85.7 Å². The fourth-order valence-corrected chi connectivity index (χ4v) is 1.94. The summed E-state index contributed by atoms with van der Waals surface area (Å²) in [4.78, 5) is 0.881. The predicted molar refractivity (Wildman–Crippen MR) is 53.0 cm³/mol. The van der Waals surface area contributed by atoms with Gasteiger partial charge in [-0.3, -0.25) is 0 Å². The minimum absolute atomic E-state index is 0.377. The van der Waals surface area contributed by atoms with Crippen molar-refractivity contribution in [3.05, 3.63) is 16.4 Å². The van der Waals surface area contributed by atoms with Crippen LogP contribution >= 0.6 is 35.0 Å². The number of hydrogen-bond donors (Lipinski definition) is 0. The van der Waals surface area contributed by atoms with E-state index < -0.39 is 0 Å². The van der Waals surface area contributed by atoms with E-state index in [-0.39, 0.29) is 0 Å². The highest BCUT2D eigenvalue weighted by molar-refractivity contribution is 8.00. The maximum Gasteiger partial charge on any atom is 0.165 e. The number of nitrogens with zero attached hydrogens (tertiary/aromatic N) is 2. The second-order valence-corrected chi connectivity index (χ2v) is 4.85. The van der Waals surface area contributed by atoms with Gasteiger partial charge in [-0.2, -0.15) is 0 Å². The molecule has 0 amide bonds. The summed E-state index contributed by atoms with van der Waals surface area (Å²) in [6, 6.07) is 1.72. The largest absolute Gasteiger partial charge is 0.165 e. The van der Waals surface area contributed by atoms with Crippen LogP contribution < -0.4 is 0 Å². The van der Waals surface area contributed by atoms with Crippen LogP contribution in [0.4, 0.5) is 0 Å². The van der Waals surface area contributed by atoms with Crippen LogP contribution in [0, 0.1) is 0 Å². The van der Waals surface area contributed by atoms with Crippen molar-refractivity contribution in [1.82, 2.24) is 10.2 Å². The Morgan fingerprint density at radius 3 is 2.58 bits per heavy atom. The SMILES string of the molecule is CC(C)Sc1cc(Cl)nnc1Cl. The number of thioether (sulfide) groups is 1. The van der Waals surface area contributed by atoms with Gasteiger partial charge < -0.3 is 0 Å². The number of hydrogen-bond acceptors (Lipinski definition) is 3. The molecule has 1 aromatic heterocycles. The van der Waals surface area contributed by atoms with E-state index in [2.05, 4.69) is 24.0 Å². The Kier molecular flexibility index (Phi) is 3.62. The number of aromatic nitrogens is 2. The maximum absolute atomic E-state index is 5.79. The van der Waals surface area contributed by atoms with Crippen molar-refractivity contribution in [2.75, 3.05) is 0 Å². The lowest BCUT2D eigenvalue weighted by Gasteiger charge is -2.04. The van der Waals surface area contributed by atoms with Crippen molar-refractivity contribution in [1.29, 1.82) is 0 Å². The molecule has 5 heteroatoms. The Bertz CT molecular complexity index is 278. The van der Waals surface area contributed by atoms with Gasteiger partial charge in [0, 0.05) is 10.1 Å². The molecule has 0 aromatic carbocycles. The Morgan fingerprint density at radius 1 is 1.33 bits per heavy atom. The van der Waals surface area contributed by atoms with Crippen LogP contribution in [-0.4, -0.2) is 15.4 Å². The van der Waals surface area contributed by atoms with E-state index >= 15 is 0 Å². The third-order valence-corrected chi connectivity index (χ3v) is 2.66. The van der Waals surface area contributed by atoms with Gasteiger partial charge in [0.05, 0.1) is 0 Å². The lowest BCUT2D eigenvalue weighted by Crippen LogP contribution is -1.90. The van der Waals surface area contributed by atoms with Crippen LogP contribution in [0.15, 0.2) is 11.0 Å². The Hall–Kier alpha value is 0.01000. The molecular formula is C7H8Cl2N2S. The molecule has 0 saturated heterocycles. The zero-order valence-electron chi connectivity index (χ0n) is 6.71. The number of rotatable bonds is 2. The van der Waals surface area contributed by atoms with E-state index in [1.807, 2.05) is 0 Å². The highest BCUT2D eigenvalue weighted by Gasteiger charge is 2.06. The molecule has 1 rings (SSSR count). The average Bonchev–Trinajstić information content (AvgIpc) is 1.96. The molecule has 0 saturated carbocycles. The molecule has 66 valence electrons. The summed E-state index contributed by atoms with van der Waals surface area (Å²) in [5.74, 6) is 0. The summed E-state index contributed by atoms with van der Waals surface area (Å²) in [7, 11) is 0. The normalized spacial score (nSPS) is 10.8. The quantitative estimate of drug-likeness (QED) is 0.719. The minimum atomic E-state index is 0.377. The van der Waals surface area contributed by atoms with E-state index in [1.165, 1.54) is 0 Å². The summed E-state index contributed by atoms with van der Waals surface area (Å²) in [5.41, 5.74) is 0. The second kappa shape index (κ2) is 4.30. The van der Waals surface area contributed by atoms with Crippen LogP contribution in [0.1, 0.15) is 13.8 Å². The molecule has 0 atom stereocenters. The van der Waals surface area contributed by atoms with Crippen LogP contribution in [0.3, 0.4) is 0 Å². The van der Waals surface area contributed by atoms with E-state index in [9.17, 15) is 0 Å². The first kappa shape index (κ1) is 10.1. The van der Waals surface area contributed by atoms with Crippen molar-refractivity contribution < 1.29 is 0 Å². The molecule has 0 aliphatic heterocycles. The van der Waals surface area contributed by atoms with E-state index in [4.69, 9.17) is 23.2 Å². The lowest BCUT2D eigenvalue weighted by molar-refractivity contribution is 0.993. The van der Waals surface area contributed by atoms with Crippen LogP contribution in [0.5, 0.6) is 0 Å². The summed E-state index contributed by atoms with van der Waals surface area (Å²) < 4.78 is 0. The minimum Gasteiger partial charge on any atom is -0.137 e. The lowest BCUT2D eigenvalue weighted by atomic mass is 10.6. The average molecular weight is 223 g/mol. The van der Waals surface area contributed by atoms with Crippen LogP contribution in [0.2, 0.25) is 10.3 Å². The molecule has 0 spiro atoms. The van der Waals surface area contributed by atoms with Gasteiger partial charge in [-0.25, -0.2) is 0 Å². The van der Waals surface area contributed by atoms with Gasteiger partial charge in [-0.15, -0.1) is 22.0 Å². The Balaban J connectivity index is 2.90. The van der Waals surface area contributed by atoms with Crippen molar-refractivity contribution >= 4 is 35.0 Å². The zero-order chi connectivity index (χ0) is 9.14. The molecular weight excluding hydrogens is 215 g/mol. The van der Waals surface area contributed by atoms with Gasteiger partial charge in [0.2, 0.25) is 0 Å². The third kappa shape index (κ3) is 2.81. The van der Waals surface area contributed by atoms with Crippen LogP contribution in [0.25, 0.3) is 0 Å². The van der Waals surface area contributed by atoms with E-state index in [1.54, 1.807) is 17.8 Å². The molecule has 12 heavy (non-hydrogen) atoms. The first-order valence-electron chi connectivity index (χ1n) is 3.45. The summed E-state index contributed by atoms with van der Waals surface area (Å²) >= 11 is 13.1. The second-order valence-electron chi connectivity index (χ2n) is 2.49. The standard InChI is InChI=1S/C7H8Cl2N2S/c1-4(2)12-5-3-6(8)10-11-7(5)9/h3-4H,1-2H3. The summed E-state index contributed by atoms with van der Waals surface area (Å²) in [6.07, 6.45) is 0. The third-order valence-electron chi connectivity index (χ3n) is 1.05.